The van der Waals surface area contributed by atoms with Gasteiger partial charge < -0.3 is 14.4 Å². The molecule has 0 spiro atoms. The maximum atomic E-state index is 12.9. The van der Waals surface area contributed by atoms with Crippen molar-refractivity contribution in [3.63, 3.8) is 0 Å². The van der Waals surface area contributed by atoms with Crippen molar-refractivity contribution in [2.24, 2.45) is 17.0 Å². The van der Waals surface area contributed by atoms with E-state index in [4.69, 9.17) is 26.2 Å². The maximum absolute atomic E-state index is 12.9. The summed E-state index contributed by atoms with van der Waals surface area (Å²) in [6.07, 6.45) is 7.87. The summed E-state index contributed by atoms with van der Waals surface area (Å²) < 4.78 is 34.3. The molecule has 2 N–H and O–H groups in total. The van der Waals surface area contributed by atoms with Gasteiger partial charge in [-0.2, -0.15) is 11.8 Å². The lowest BCUT2D eigenvalue weighted by atomic mass is 9.84. The van der Waals surface area contributed by atoms with E-state index in [0.29, 0.717) is 36.4 Å². The lowest BCUT2D eigenvalue weighted by Crippen LogP contribution is -2.40. The first kappa shape index (κ1) is 33.0. The first-order valence-electron chi connectivity index (χ1n) is 15.2. The molecule has 10 heteroatoms. The van der Waals surface area contributed by atoms with Gasteiger partial charge in [0, 0.05) is 23.4 Å². The van der Waals surface area contributed by atoms with Crippen LogP contribution in [0.4, 0.5) is 5.69 Å². The highest BCUT2D eigenvalue weighted by molar-refractivity contribution is 7.99. The molecular formula is C32H45ClN2O5S2. The van der Waals surface area contributed by atoms with Gasteiger partial charge in [-0.3, -0.25) is 0 Å². The molecule has 1 aliphatic carbocycles. The molecule has 2 aromatic carbocycles. The molecule has 1 fully saturated rings. The normalized spacial score (nSPS) is 19.2. The number of ether oxygens (including phenoxy) is 2. The molecule has 1 heterocycles. The van der Waals surface area contributed by atoms with Gasteiger partial charge in [0.15, 0.2) is 0 Å². The van der Waals surface area contributed by atoms with E-state index in [-0.39, 0.29) is 17.6 Å². The summed E-state index contributed by atoms with van der Waals surface area (Å²) in [4.78, 5) is 15.3. The Morgan fingerprint density at radius 3 is 2.69 bits per heavy atom. The number of primary sulfonamides is 1. The first-order valence-corrected chi connectivity index (χ1v) is 18.3. The number of rotatable bonds is 12. The molecule has 2 aliphatic rings. The molecule has 0 unspecified atom stereocenters. The predicted octanol–water partition coefficient (Wildman–Crippen LogP) is 6.85. The molecule has 1 saturated carbocycles. The van der Waals surface area contributed by atoms with Crippen molar-refractivity contribution >= 4 is 45.0 Å². The molecule has 1 aliphatic heterocycles. The Morgan fingerprint density at radius 1 is 1.12 bits per heavy atom. The Balaban J connectivity index is 1.48. The monoisotopic (exact) mass is 636 g/mol. The zero-order chi connectivity index (χ0) is 30.1. The zero-order valence-corrected chi connectivity index (χ0v) is 27.2. The molecule has 232 valence electrons. The van der Waals surface area contributed by atoms with Gasteiger partial charge in [0.1, 0.15) is 12.4 Å². The van der Waals surface area contributed by atoms with Crippen LogP contribution in [0.1, 0.15) is 80.3 Å². The zero-order valence-electron chi connectivity index (χ0n) is 24.9. The van der Waals surface area contributed by atoms with E-state index in [1.165, 1.54) is 18.4 Å². The van der Waals surface area contributed by atoms with Crippen molar-refractivity contribution in [2.75, 3.05) is 36.1 Å². The molecule has 2 aromatic rings. The SMILES string of the molecule is CC(C)COC(=O)c1ccc2c(c1)N(C[C@@H]1CC[C@@H]1SCCCCCS(N)(=O)=O)CCCCc1cc(Cl)ccc1CO2. The predicted molar refractivity (Wildman–Crippen MR) is 173 cm³/mol. The van der Waals surface area contributed by atoms with Crippen LogP contribution in [0.15, 0.2) is 36.4 Å². The van der Waals surface area contributed by atoms with Crippen LogP contribution < -0.4 is 14.8 Å². The van der Waals surface area contributed by atoms with Gasteiger partial charge in [-0.1, -0.05) is 37.9 Å². The van der Waals surface area contributed by atoms with Crippen molar-refractivity contribution in [3.05, 3.63) is 58.1 Å². The lowest BCUT2D eigenvalue weighted by Gasteiger charge is -2.41. The van der Waals surface area contributed by atoms with Gasteiger partial charge in [0.2, 0.25) is 10.0 Å². The van der Waals surface area contributed by atoms with Crippen LogP contribution in [-0.2, 0) is 27.8 Å². The topological polar surface area (TPSA) is 98.9 Å². The number of unbranched alkanes of at least 4 members (excludes halogenated alkanes) is 2. The minimum absolute atomic E-state index is 0.0608. The highest BCUT2D eigenvalue weighted by Gasteiger charge is 2.33. The number of anilines is 1. The summed E-state index contributed by atoms with van der Waals surface area (Å²) in [5, 5.41) is 6.45. The number of thioether (sulfide) groups is 1. The molecule has 0 aromatic heterocycles. The van der Waals surface area contributed by atoms with Gasteiger partial charge in [0.05, 0.1) is 23.6 Å². The smallest absolute Gasteiger partial charge is 0.338 e. The second-order valence-electron chi connectivity index (χ2n) is 12.0. The molecular weight excluding hydrogens is 592 g/mol. The summed E-state index contributed by atoms with van der Waals surface area (Å²) >= 11 is 8.33. The fraction of sp³-hybridized carbons (Fsp3) is 0.594. The highest BCUT2D eigenvalue weighted by atomic mass is 35.5. The van der Waals surface area contributed by atoms with Crippen molar-refractivity contribution < 1.29 is 22.7 Å². The number of esters is 1. The summed E-state index contributed by atoms with van der Waals surface area (Å²) in [6.45, 7) is 6.67. The average molecular weight is 637 g/mol. The third kappa shape index (κ3) is 10.1. The Hall–Kier alpha value is -1.94. The van der Waals surface area contributed by atoms with Crippen molar-refractivity contribution in [1.29, 1.82) is 0 Å². The van der Waals surface area contributed by atoms with E-state index >= 15 is 0 Å². The summed E-state index contributed by atoms with van der Waals surface area (Å²) in [5.41, 5.74) is 3.86. The van der Waals surface area contributed by atoms with Crippen LogP contribution in [0.2, 0.25) is 5.02 Å². The molecule has 4 rings (SSSR count). The third-order valence-corrected chi connectivity index (χ3v) is 10.6. The molecule has 2 atom stereocenters. The van der Waals surface area contributed by atoms with Crippen LogP contribution in [0, 0.1) is 11.8 Å². The fourth-order valence-corrected chi connectivity index (χ4v) is 7.73. The van der Waals surface area contributed by atoms with Crippen molar-refractivity contribution in [1.82, 2.24) is 0 Å². The second kappa shape index (κ2) is 15.7. The van der Waals surface area contributed by atoms with Gasteiger partial charge in [0.25, 0.3) is 0 Å². The summed E-state index contributed by atoms with van der Waals surface area (Å²) in [6, 6.07) is 11.7. The number of carbonyl (C=O) groups excluding carboxylic acids is 1. The number of nitrogens with zero attached hydrogens (tertiary/aromatic N) is 1. The van der Waals surface area contributed by atoms with E-state index in [1.54, 1.807) is 6.07 Å². The maximum Gasteiger partial charge on any atom is 0.338 e. The summed E-state index contributed by atoms with van der Waals surface area (Å²) in [7, 11) is -3.37. The molecule has 0 bridgehead atoms. The average Bonchev–Trinajstić information content (AvgIpc) is 2.96. The van der Waals surface area contributed by atoms with Crippen LogP contribution in [0.25, 0.3) is 0 Å². The van der Waals surface area contributed by atoms with Gasteiger partial charge >= 0.3 is 5.97 Å². The lowest BCUT2D eigenvalue weighted by molar-refractivity contribution is 0.0459. The van der Waals surface area contributed by atoms with E-state index < -0.39 is 10.0 Å². The van der Waals surface area contributed by atoms with Gasteiger partial charge in [-0.15, -0.1) is 0 Å². The van der Waals surface area contributed by atoms with Gasteiger partial charge in [-0.25, -0.2) is 18.4 Å². The molecule has 42 heavy (non-hydrogen) atoms. The van der Waals surface area contributed by atoms with Crippen LogP contribution >= 0.6 is 23.4 Å². The first-order chi connectivity index (χ1) is 20.1. The number of hydrogen-bond donors (Lipinski definition) is 1. The fourth-order valence-electron chi connectivity index (χ4n) is 5.46. The molecule has 0 saturated heterocycles. The minimum atomic E-state index is -3.37. The van der Waals surface area contributed by atoms with E-state index in [9.17, 15) is 13.2 Å². The number of halogens is 1. The number of aryl methyl sites for hydroxylation is 1. The minimum Gasteiger partial charge on any atom is -0.487 e. The largest absolute Gasteiger partial charge is 0.487 e. The van der Waals surface area contributed by atoms with Gasteiger partial charge in [-0.05, 0) is 104 Å². The highest BCUT2D eigenvalue weighted by Crippen LogP contribution is 2.41. The Kier molecular flexibility index (Phi) is 12.3. The number of carbonyl (C=O) groups is 1. The number of nitrogens with two attached hydrogens (primary N) is 1. The van der Waals surface area contributed by atoms with E-state index in [1.807, 2.05) is 43.8 Å². The third-order valence-electron chi connectivity index (χ3n) is 7.97. The standard InChI is InChI=1S/C32H45ClN2O5S2/c1-23(2)21-40-32(36)25-10-13-30-29(19-25)35(15-5-4-8-24-18-28(33)12-9-27(24)22-39-30)20-26-11-14-31(26)41-16-6-3-7-17-42(34,37)38/h9-10,12-13,18-19,23,26,31H,3-8,11,14-17,20-22H2,1-2H3,(H2,34,37,38)/t26-,31-/m0/s1. The quantitative estimate of drug-likeness (QED) is 0.201. The van der Waals surface area contributed by atoms with E-state index in [0.717, 1.165) is 73.0 Å². The number of sulfonamides is 1. The second-order valence-corrected chi connectivity index (χ2v) is 15.5. The number of hydrogen-bond acceptors (Lipinski definition) is 7. The Bertz CT molecular complexity index is 1300. The number of benzene rings is 2. The molecule has 0 amide bonds. The summed E-state index contributed by atoms with van der Waals surface area (Å²) in [5.74, 6) is 2.37. The van der Waals surface area contributed by atoms with Crippen molar-refractivity contribution in [3.8, 4) is 5.75 Å². The Labute approximate surface area is 260 Å². The number of fused-ring (bicyclic) bond motifs is 2. The Morgan fingerprint density at radius 2 is 1.95 bits per heavy atom. The van der Waals surface area contributed by atoms with Crippen molar-refractivity contribution in [2.45, 2.75) is 77.1 Å². The van der Waals surface area contributed by atoms with Crippen LogP contribution in [-0.4, -0.2) is 50.8 Å². The molecule has 7 nitrogen and oxygen atoms in total. The van der Waals surface area contributed by atoms with E-state index in [2.05, 4.69) is 17.0 Å². The molecule has 0 radical (unpaired) electrons. The van der Waals surface area contributed by atoms with Crippen LogP contribution in [0.3, 0.4) is 0 Å². The van der Waals surface area contributed by atoms with Crippen LogP contribution in [0.5, 0.6) is 5.75 Å².